The molecule has 1 aromatic heterocycles. The molecule has 0 aliphatic rings. The Hall–Kier alpha value is -2.75. The number of aryl methyl sites for hydroxylation is 2. The largest absolute Gasteiger partial charge is 0.332 e. The molecule has 0 spiro atoms. The molecule has 3 aromatic rings. The van der Waals surface area contributed by atoms with Crippen LogP contribution in [0.15, 0.2) is 48.5 Å². The fourth-order valence-electron chi connectivity index (χ4n) is 2.80. The maximum Gasteiger partial charge on any atom is 0.254 e. The summed E-state index contributed by atoms with van der Waals surface area (Å²) in [7, 11) is 0. The van der Waals surface area contributed by atoms with E-state index in [0.717, 1.165) is 28.0 Å². The van der Waals surface area contributed by atoms with Crippen LogP contribution in [0.5, 0.6) is 0 Å². The first kappa shape index (κ1) is 17.1. The molecule has 25 heavy (non-hydrogen) atoms. The van der Waals surface area contributed by atoms with Crippen LogP contribution in [0.2, 0.25) is 0 Å². The third kappa shape index (κ3) is 3.68. The van der Waals surface area contributed by atoms with E-state index in [2.05, 4.69) is 9.97 Å². The number of aromatic nitrogens is 2. The number of carbonyl (C=O) groups is 1. The van der Waals surface area contributed by atoms with Crippen molar-refractivity contribution in [2.24, 2.45) is 0 Å². The third-order valence-electron chi connectivity index (χ3n) is 4.40. The molecule has 1 amide bonds. The van der Waals surface area contributed by atoms with Gasteiger partial charge in [-0.2, -0.15) is 0 Å². The highest BCUT2D eigenvalue weighted by Gasteiger charge is 2.19. The smallest absolute Gasteiger partial charge is 0.254 e. The van der Waals surface area contributed by atoms with Crippen LogP contribution in [0.25, 0.3) is 11.0 Å². The van der Waals surface area contributed by atoms with Crippen LogP contribution in [-0.4, -0.2) is 26.8 Å². The molecule has 0 unspecified atom stereocenters. The van der Waals surface area contributed by atoms with Crippen molar-refractivity contribution in [3.8, 4) is 0 Å². The summed E-state index contributed by atoms with van der Waals surface area (Å²) in [6.45, 7) is 8.55. The molecule has 0 saturated carbocycles. The highest BCUT2D eigenvalue weighted by molar-refractivity contribution is 5.97. The van der Waals surface area contributed by atoms with E-state index >= 15 is 0 Å². The van der Waals surface area contributed by atoms with E-state index in [1.54, 1.807) is 0 Å². The molecule has 0 saturated heterocycles. The van der Waals surface area contributed by atoms with Crippen LogP contribution in [0.1, 0.15) is 41.2 Å². The molecular weight excluding hydrogens is 310 g/mol. The van der Waals surface area contributed by atoms with Gasteiger partial charge >= 0.3 is 0 Å². The first-order valence-corrected chi connectivity index (χ1v) is 8.55. The lowest BCUT2D eigenvalue weighted by molar-refractivity contribution is 0.0690. The Kier molecular flexibility index (Phi) is 4.79. The van der Waals surface area contributed by atoms with E-state index < -0.39 is 0 Å². The van der Waals surface area contributed by atoms with Crippen molar-refractivity contribution >= 4 is 16.9 Å². The molecule has 2 aromatic carbocycles. The number of hydrogen-bond donors (Lipinski definition) is 0. The number of amides is 1. The van der Waals surface area contributed by atoms with Crippen LogP contribution in [-0.2, 0) is 6.54 Å². The number of benzene rings is 2. The lowest BCUT2D eigenvalue weighted by atomic mass is 10.1. The normalized spacial score (nSPS) is 11.1. The second kappa shape index (κ2) is 7.01. The van der Waals surface area contributed by atoms with Crippen molar-refractivity contribution in [3.63, 3.8) is 0 Å². The van der Waals surface area contributed by atoms with Gasteiger partial charge in [0.1, 0.15) is 0 Å². The van der Waals surface area contributed by atoms with Gasteiger partial charge in [-0.25, -0.2) is 9.97 Å². The summed E-state index contributed by atoms with van der Waals surface area (Å²) < 4.78 is 0. The summed E-state index contributed by atoms with van der Waals surface area (Å²) >= 11 is 0. The summed E-state index contributed by atoms with van der Waals surface area (Å²) in [6.07, 6.45) is 0. The molecule has 0 aliphatic heterocycles. The Bertz CT molecular complexity index is 904. The third-order valence-corrected chi connectivity index (χ3v) is 4.40. The number of fused-ring (bicyclic) bond motifs is 1. The van der Waals surface area contributed by atoms with Gasteiger partial charge < -0.3 is 4.90 Å². The van der Waals surface area contributed by atoms with Gasteiger partial charge in [0.15, 0.2) is 0 Å². The summed E-state index contributed by atoms with van der Waals surface area (Å²) in [4.78, 5) is 24.1. The van der Waals surface area contributed by atoms with Crippen molar-refractivity contribution in [1.29, 1.82) is 0 Å². The van der Waals surface area contributed by atoms with Crippen LogP contribution in [0.3, 0.4) is 0 Å². The lowest BCUT2D eigenvalue weighted by Crippen LogP contribution is -2.36. The molecule has 0 bridgehead atoms. The van der Waals surface area contributed by atoms with E-state index in [9.17, 15) is 4.79 Å². The zero-order valence-corrected chi connectivity index (χ0v) is 15.2. The van der Waals surface area contributed by atoms with Gasteiger partial charge in [-0.15, -0.1) is 0 Å². The standard InChI is InChI=1S/C21H23N3O/c1-14(2)24(13-17-8-6-5-7-9-17)21(25)18-10-11-19-20(12-18)23-16(4)15(3)22-19/h5-12,14H,13H2,1-4H3. The predicted octanol–water partition coefficient (Wildman–Crippen LogP) is 4.30. The zero-order chi connectivity index (χ0) is 18.0. The molecular formula is C21H23N3O. The SMILES string of the molecule is Cc1nc2ccc(C(=O)N(Cc3ccccc3)C(C)C)cc2nc1C. The van der Waals surface area contributed by atoms with Gasteiger partial charge in [-0.3, -0.25) is 4.79 Å². The average Bonchev–Trinajstić information content (AvgIpc) is 2.60. The van der Waals surface area contributed by atoms with Crippen molar-refractivity contribution in [3.05, 3.63) is 71.0 Å². The van der Waals surface area contributed by atoms with E-state index in [1.807, 2.05) is 81.1 Å². The van der Waals surface area contributed by atoms with Gasteiger partial charge in [0, 0.05) is 18.2 Å². The topological polar surface area (TPSA) is 46.1 Å². The highest BCUT2D eigenvalue weighted by Crippen LogP contribution is 2.18. The molecule has 4 nitrogen and oxygen atoms in total. The summed E-state index contributed by atoms with van der Waals surface area (Å²) in [6, 6.07) is 15.7. The van der Waals surface area contributed by atoms with Crippen molar-refractivity contribution in [1.82, 2.24) is 14.9 Å². The second-order valence-corrected chi connectivity index (χ2v) is 6.61. The zero-order valence-electron chi connectivity index (χ0n) is 15.2. The Balaban J connectivity index is 1.94. The van der Waals surface area contributed by atoms with Gasteiger partial charge in [0.05, 0.1) is 22.4 Å². The molecule has 3 rings (SSSR count). The molecule has 1 heterocycles. The number of nitrogens with zero attached hydrogens (tertiary/aromatic N) is 3. The monoisotopic (exact) mass is 333 g/mol. The Morgan fingerprint density at radius 2 is 1.60 bits per heavy atom. The number of hydrogen-bond acceptors (Lipinski definition) is 3. The minimum atomic E-state index is 0.0146. The van der Waals surface area contributed by atoms with Crippen molar-refractivity contribution in [2.75, 3.05) is 0 Å². The van der Waals surface area contributed by atoms with Crippen LogP contribution >= 0.6 is 0 Å². The number of carbonyl (C=O) groups excluding carboxylic acids is 1. The first-order chi connectivity index (χ1) is 12.0. The molecule has 0 N–H and O–H groups in total. The van der Waals surface area contributed by atoms with E-state index in [1.165, 1.54) is 0 Å². The van der Waals surface area contributed by atoms with E-state index in [4.69, 9.17) is 0 Å². The highest BCUT2D eigenvalue weighted by atomic mass is 16.2. The van der Waals surface area contributed by atoms with Gasteiger partial charge in [0.2, 0.25) is 0 Å². The van der Waals surface area contributed by atoms with Crippen LogP contribution in [0.4, 0.5) is 0 Å². The maximum atomic E-state index is 13.1. The van der Waals surface area contributed by atoms with Crippen molar-refractivity contribution < 1.29 is 4.79 Å². The molecule has 0 fully saturated rings. The van der Waals surface area contributed by atoms with Crippen molar-refractivity contribution in [2.45, 2.75) is 40.3 Å². The quantitative estimate of drug-likeness (QED) is 0.715. The van der Waals surface area contributed by atoms with Gasteiger partial charge in [-0.1, -0.05) is 30.3 Å². The molecule has 0 radical (unpaired) electrons. The Morgan fingerprint density at radius 3 is 2.24 bits per heavy atom. The molecule has 0 aliphatic carbocycles. The predicted molar refractivity (Wildman–Crippen MR) is 100 cm³/mol. The second-order valence-electron chi connectivity index (χ2n) is 6.61. The molecule has 4 heteroatoms. The Morgan fingerprint density at radius 1 is 0.960 bits per heavy atom. The summed E-state index contributed by atoms with van der Waals surface area (Å²) in [5, 5.41) is 0. The summed E-state index contributed by atoms with van der Waals surface area (Å²) in [5.74, 6) is 0.0146. The fraction of sp³-hybridized carbons (Fsp3) is 0.286. The van der Waals surface area contributed by atoms with E-state index in [-0.39, 0.29) is 11.9 Å². The maximum absolute atomic E-state index is 13.1. The lowest BCUT2D eigenvalue weighted by Gasteiger charge is -2.27. The Labute approximate surface area is 148 Å². The van der Waals surface area contributed by atoms with Crippen LogP contribution < -0.4 is 0 Å². The van der Waals surface area contributed by atoms with Gasteiger partial charge in [-0.05, 0) is 51.5 Å². The molecule has 0 atom stereocenters. The summed E-state index contributed by atoms with van der Waals surface area (Å²) in [5.41, 5.74) is 5.16. The van der Waals surface area contributed by atoms with Crippen LogP contribution in [0, 0.1) is 13.8 Å². The van der Waals surface area contributed by atoms with Gasteiger partial charge in [0.25, 0.3) is 5.91 Å². The number of rotatable bonds is 4. The minimum Gasteiger partial charge on any atom is -0.332 e. The fourth-order valence-corrected chi connectivity index (χ4v) is 2.80. The average molecular weight is 333 g/mol. The van der Waals surface area contributed by atoms with E-state index in [0.29, 0.717) is 12.1 Å². The minimum absolute atomic E-state index is 0.0146. The first-order valence-electron chi connectivity index (χ1n) is 8.55. The molecule has 128 valence electrons.